The lowest BCUT2D eigenvalue weighted by Crippen LogP contribution is -2.22. The maximum absolute atomic E-state index is 11.1. The van der Waals surface area contributed by atoms with Crippen molar-refractivity contribution in [3.63, 3.8) is 0 Å². The SMILES string of the molecule is CC(=O)Nc1cccc(C(C)N[C@@H](C)c2cccs2)c1. The van der Waals surface area contributed by atoms with E-state index in [-0.39, 0.29) is 11.9 Å². The maximum Gasteiger partial charge on any atom is 0.221 e. The first kappa shape index (κ1) is 14.8. The smallest absolute Gasteiger partial charge is 0.221 e. The van der Waals surface area contributed by atoms with E-state index < -0.39 is 0 Å². The molecule has 0 radical (unpaired) electrons. The van der Waals surface area contributed by atoms with Crippen LogP contribution in [0.1, 0.15) is 43.3 Å². The second-order valence-electron chi connectivity index (χ2n) is 4.93. The normalized spacial score (nSPS) is 13.8. The third-order valence-corrected chi connectivity index (χ3v) is 4.23. The summed E-state index contributed by atoms with van der Waals surface area (Å²) in [5.41, 5.74) is 2.01. The van der Waals surface area contributed by atoms with E-state index in [1.54, 1.807) is 11.3 Å². The molecule has 2 N–H and O–H groups in total. The van der Waals surface area contributed by atoms with E-state index in [0.29, 0.717) is 6.04 Å². The lowest BCUT2D eigenvalue weighted by atomic mass is 10.1. The molecule has 0 saturated heterocycles. The molecule has 0 fully saturated rings. The van der Waals surface area contributed by atoms with Gasteiger partial charge in [0.2, 0.25) is 5.91 Å². The molecule has 0 aliphatic rings. The minimum Gasteiger partial charge on any atom is -0.326 e. The monoisotopic (exact) mass is 288 g/mol. The summed E-state index contributed by atoms with van der Waals surface area (Å²) in [6, 6.07) is 12.7. The molecule has 0 bridgehead atoms. The van der Waals surface area contributed by atoms with Gasteiger partial charge in [0.15, 0.2) is 0 Å². The number of hydrogen-bond donors (Lipinski definition) is 2. The Morgan fingerprint density at radius 3 is 2.60 bits per heavy atom. The average molecular weight is 288 g/mol. The zero-order valence-corrected chi connectivity index (χ0v) is 12.8. The number of amides is 1. The van der Waals surface area contributed by atoms with Crippen LogP contribution in [0.5, 0.6) is 0 Å². The van der Waals surface area contributed by atoms with Gasteiger partial charge in [-0.25, -0.2) is 0 Å². The Bertz CT molecular complexity index is 566. The molecule has 20 heavy (non-hydrogen) atoms. The first-order valence-corrected chi connectivity index (χ1v) is 7.61. The number of hydrogen-bond acceptors (Lipinski definition) is 3. The van der Waals surface area contributed by atoms with Crippen molar-refractivity contribution in [2.24, 2.45) is 0 Å². The predicted octanol–water partition coefficient (Wildman–Crippen LogP) is 4.12. The first-order valence-electron chi connectivity index (χ1n) is 6.73. The molecule has 1 aromatic heterocycles. The lowest BCUT2D eigenvalue weighted by molar-refractivity contribution is -0.114. The highest BCUT2D eigenvalue weighted by Gasteiger charge is 2.12. The van der Waals surface area contributed by atoms with Gasteiger partial charge in [-0.2, -0.15) is 0 Å². The van der Waals surface area contributed by atoms with Gasteiger partial charge in [-0.05, 0) is 43.0 Å². The van der Waals surface area contributed by atoms with Crippen LogP contribution in [0.15, 0.2) is 41.8 Å². The van der Waals surface area contributed by atoms with Gasteiger partial charge in [-0.3, -0.25) is 4.79 Å². The fourth-order valence-corrected chi connectivity index (χ4v) is 2.92. The number of anilines is 1. The molecule has 0 saturated carbocycles. The van der Waals surface area contributed by atoms with Gasteiger partial charge >= 0.3 is 0 Å². The molecule has 2 aromatic rings. The van der Waals surface area contributed by atoms with E-state index >= 15 is 0 Å². The van der Waals surface area contributed by atoms with Crippen molar-refractivity contribution in [3.8, 4) is 0 Å². The first-order chi connectivity index (χ1) is 9.56. The van der Waals surface area contributed by atoms with Crippen LogP contribution < -0.4 is 10.6 Å². The Balaban J connectivity index is 2.05. The number of thiophene rings is 1. The van der Waals surface area contributed by atoms with Gasteiger partial charge in [0.1, 0.15) is 0 Å². The average Bonchev–Trinajstić information content (AvgIpc) is 2.92. The summed E-state index contributed by atoms with van der Waals surface area (Å²) in [6.45, 7) is 5.82. The molecule has 4 heteroatoms. The standard InChI is InChI=1S/C16H20N2OS/c1-11(17-12(2)16-8-5-9-20-16)14-6-4-7-15(10-14)18-13(3)19/h4-12,17H,1-3H3,(H,18,19)/t11?,12-/m0/s1. The number of benzene rings is 1. The van der Waals surface area contributed by atoms with E-state index in [1.165, 1.54) is 17.4 Å². The van der Waals surface area contributed by atoms with E-state index in [2.05, 4.69) is 48.1 Å². The Morgan fingerprint density at radius 1 is 1.15 bits per heavy atom. The Hall–Kier alpha value is -1.65. The summed E-state index contributed by atoms with van der Waals surface area (Å²) in [7, 11) is 0. The predicted molar refractivity (Wildman–Crippen MR) is 85.0 cm³/mol. The molecule has 106 valence electrons. The van der Waals surface area contributed by atoms with Crippen LogP contribution in [0, 0.1) is 0 Å². The number of rotatable bonds is 5. The van der Waals surface area contributed by atoms with Crippen molar-refractivity contribution >= 4 is 22.9 Å². The number of carbonyl (C=O) groups excluding carboxylic acids is 1. The fourth-order valence-electron chi connectivity index (χ4n) is 2.18. The maximum atomic E-state index is 11.1. The Kier molecular flexibility index (Phi) is 4.93. The van der Waals surface area contributed by atoms with Crippen molar-refractivity contribution in [1.82, 2.24) is 5.32 Å². The summed E-state index contributed by atoms with van der Waals surface area (Å²) >= 11 is 1.76. The van der Waals surface area contributed by atoms with Crippen molar-refractivity contribution in [2.75, 3.05) is 5.32 Å². The molecule has 0 aliphatic carbocycles. The summed E-state index contributed by atoms with van der Waals surface area (Å²) in [5, 5.41) is 8.49. The topological polar surface area (TPSA) is 41.1 Å². The van der Waals surface area contributed by atoms with E-state index in [0.717, 1.165) is 5.69 Å². The molecule has 3 nitrogen and oxygen atoms in total. The van der Waals surface area contributed by atoms with Crippen LogP contribution in [0.4, 0.5) is 5.69 Å². The molecule has 1 amide bonds. The zero-order chi connectivity index (χ0) is 14.5. The number of nitrogens with one attached hydrogen (secondary N) is 2. The summed E-state index contributed by atoms with van der Waals surface area (Å²) in [4.78, 5) is 12.4. The molecular formula is C16H20N2OS. The second-order valence-corrected chi connectivity index (χ2v) is 5.91. The number of carbonyl (C=O) groups is 1. The largest absolute Gasteiger partial charge is 0.326 e. The van der Waals surface area contributed by atoms with Gasteiger partial charge in [0, 0.05) is 29.6 Å². The summed E-state index contributed by atoms with van der Waals surface area (Å²) in [5.74, 6) is -0.0466. The summed E-state index contributed by atoms with van der Waals surface area (Å²) < 4.78 is 0. The molecule has 1 aromatic carbocycles. The van der Waals surface area contributed by atoms with Crippen LogP contribution >= 0.6 is 11.3 Å². The van der Waals surface area contributed by atoms with Crippen LogP contribution in [-0.2, 0) is 4.79 Å². The van der Waals surface area contributed by atoms with Crippen LogP contribution in [0.25, 0.3) is 0 Å². The minimum atomic E-state index is -0.0466. The van der Waals surface area contributed by atoms with Gasteiger partial charge in [0.05, 0.1) is 0 Å². The second kappa shape index (κ2) is 6.68. The molecule has 1 unspecified atom stereocenters. The van der Waals surface area contributed by atoms with Gasteiger partial charge in [-0.1, -0.05) is 18.2 Å². The van der Waals surface area contributed by atoms with E-state index in [4.69, 9.17) is 0 Å². The molecule has 0 spiro atoms. The highest BCUT2D eigenvalue weighted by molar-refractivity contribution is 7.10. The minimum absolute atomic E-state index is 0.0466. The van der Waals surface area contributed by atoms with Gasteiger partial charge in [-0.15, -0.1) is 11.3 Å². The van der Waals surface area contributed by atoms with Gasteiger partial charge < -0.3 is 10.6 Å². The highest BCUT2D eigenvalue weighted by Crippen LogP contribution is 2.24. The van der Waals surface area contributed by atoms with E-state index in [9.17, 15) is 4.79 Å². The fraction of sp³-hybridized carbons (Fsp3) is 0.312. The lowest BCUT2D eigenvalue weighted by Gasteiger charge is -2.20. The highest BCUT2D eigenvalue weighted by atomic mass is 32.1. The third-order valence-electron chi connectivity index (χ3n) is 3.18. The zero-order valence-electron chi connectivity index (χ0n) is 12.0. The Labute approximate surface area is 124 Å². The van der Waals surface area contributed by atoms with Crippen molar-refractivity contribution in [2.45, 2.75) is 32.9 Å². The summed E-state index contributed by atoms with van der Waals surface area (Å²) in [6.07, 6.45) is 0. The molecule has 0 aliphatic heterocycles. The van der Waals surface area contributed by atoms with Crippen LogP contribution in [0.2, 0.25) is 0 Å². The molecule has 1 heterocycles. The molecule has 2 atom stereocenters. The van der Waals surface area contributed by atoms with Crippen LogP contribution in [0.3, 0.4) is 0 Å². The van der Waals surface area contributed by atoms with E-state index in [1.807, 2.05) is 18.2 Å². The Morgan fingerprint density at radius 2 is 1.95 bits per heavy atom. The van der Waals surface area contributed by atoms with Crippen molar-refractivity contribution in [3.05, 3.63) is 52.2 Å². The molecular weight excluding hydrogens is 268 g/mol. The third kappa shape index (κ3) is 3.92. The van der Waals surface area contributed by atoms with Gasteiger partial charge in [0.25, 0.3) is 0 Å². The molecule has 2 rings (SSSR count). The quantitative estimate of drug-likeness (QED) is 0.869. The van der Waals surface area contributed by atoms with Crippen molar-refractivity contribution in [1.29, 1.82) is 0 Å². The van der Waals surface area contributed by atoms with Crippen molar-refractivity contribution < 1.29 is 4.79 Å². The van der Waals surface area contributed by atoms with Crippen LogP contribution in [-0.4, -0.2) is 5.91 Å².